The number of carbonyl (C=O) groups is 1. The van der Waals surface area contributed by atoms with Crippen LogP contribution in [0.3, 0.4) is 0 Å². The minimum Gasteiger partial charge on any atom is -0.494 e. The topological polar surface area (TPSA) is 92.4 Å². The van der Waals surface area contributed by atoms with Gasteiger partial charge in [-0.05, 0) is 74.4 Å². The van der Waals surface area contributed by atoms with Crippen molar-refractivity contribution in [1.29, 1.82) is 5.26 Å². The Balaban J connectivity index is 1.21. The van der Waals surface area contributed by atoms with Gasteiger partial charge in [0.15, 0.2) is 17.4 Å². The first-order valence-corrected chi connectivity index (χ1v) is 19.5. The van der Waals surface area contributed by atoms with E-state index >= 15 is 8.78 Å². The van der Waals surface area contributed by atoms with E-state index in [2.05, 4.69) is 22.0 Å². The van der Waals surface area contributed by atoms with Crippen LogP contribution in [0.15, 0.2) is 42.5 Å². The number of halogens is 5. The van der Waals surface area contributed by atoms with Gasteiger partial charge in [0.05, 0.1) is 59.1 Å². The SMILES string of the molecule is COc1ccc(F)c(CO[C@H]2C[C@H](c3cc4c(C)nc5c(F)c(-c6cccc(Cl)c6Cl)c(CCC#N)cc5c4n3[C@H]3[C@H]4CN[C@@H]3C4)N(C(=O)C3CC3)C2)c1F. The van der Waals surface area contributed by atoms with Crippen molar-refractivity contribution in [3.8, 4) is 22.9 Å². The third kappa shape index (κ3) is 5.95. The Bertz CT molecular complexity index is 2430. The number of nitriles is 1. The van der Waals surface area contributed by atoms with E-state index in [4.69, 9.17) is 37.7 Å². The summed E-state index contributed by atoms with van der Waals surface area (Å²) in [5.74, 6) is -1.87. The van der Waals surface area contributed by atoms with Gasteiger partial charge in [-0.15, -0.1) is 0 Å². The summed E-state index contributed by atoms with van der Waals surface area (Å²) in [6, 6.07) is 13.5. The lowest BCUT2D eigenvalue weighted by atomic mass is 9.79. The first-order chi connectivity index (χ1) is 26.6. The van der Waals surface area contributed by atoms with Crippen LogP contribution in [0.2, 0.25) is 10.0 Å². The first-order valence-electron chi connectivity index (χ1n) is 18.7. The molecule has 0 radical (unpaired) electrons. The zero-order valence-electron chi connectivity index (χ0n) is 30.3. The van der Waals surface area contributed by atoms with E-state index < -0.39 is 29.6 Å². The minimum atomic E-state index is -0.812. The lowest BCUT2D eigenvalue weighted by Gasteiger charge is -2.39. The predicted octanol–water partition coefficient (Wildman–Crippen LogP) is 9.16. The van der Waals surface area contributed by atoms with Crippen LogP contribution in [0.4, 0.5) is 13.2 Å². The minimum absolute atomic E-state index is 0.0361. The molecule has 5 heterocycles. The molecule has 10 rings (SSSR count). The molecule has 2 saturated carbocycles. The molecule has 5 atom stereocenters. The number of nitrogens with one attached hydrogen (secondary N) is 1. The largest absolute Gasteiger partial charge is 0.494 e. The molecule has 5 fully saturated rings. The standard InChI is InChI=1S/C42H38Cl2F3N5O3/c1-20-26-16-33(32-15-24(18-51(32)42(53)21-8-9-21)55-19-28-30(45)10-11-34(54-2)37(28)46)52(40-23-14-31(40)49-17-23)41(26)27-13-22(5-4-12-48)35(38(47)39(27)50-20)25-6-3-7-29(43)36(25)44/h3,6-7,10-11,13,16,21,23-24,31-32,40,49H,4-5,8-9,14-15,17-19H2,1-2H3/t23-,24+,31-,32-,40+/m1/s1. The molecule has 5 aliphatic rings. The van der Waals surface area contributed by atoms with Gasteiger partial charge in [0, 0.05) is 71.2 Å². The average Bonchev–Trinajstić information content (AvgIpc) is 3.45. The summed E-state index contributed by atoms with van der Waals surface area (Å²) in [7, 11) is 1.32. The maximum Gasteiger partial charge on any atom is 0.226 e. The quantitative estimate of drug-likeness (QED) is 0.152. The van der Waals surface area contributed by atoms with E-state index in [1.807, 2.05) is 17.9 Å². The Hall–Kier alpha value is -4.34. The summed E-state index contributed by atoms with van der Waals surface area (Å²) < 4.78 is 60.8. The van der Waals surface area contributed by atoms with Crippen molar-refractivity contribution < 1.29 is 27.4 Å². The van der Waals surface area contributed by atoms with Crippen LogP contribution in [0.25, 0.3) is 32.9 Å². The summed E-state index contributed by atoms with van der Waals surface area (Å²) in [6.07, 6.45) is 2.96. The molecule has 284 valence electrons. The van der Waals surface area contributed by atoms with Gasteiger partial charge in [0.25, 0.3) is 0 Å². The molecule has 8 nitrogen and oxygen atoms in total. The van der Waals surface area contributed by atoms with Crippen LogP contribution in [0.5, 0.6) is 5.75 Å². The Morgan fingerprint density at radius 2 is 1.91 bits per heavy atom. The van der Waals surface area contributed by atoms with E-state index in [1.54, 1.807) is 18.2 Å². The number of ether oxygens (including phenoxy) is 2. The van der Waals surface area contributed by atoms with Crippen molar-refractivity contribution in [1.82, 2.24) is 19.8 Å². The number of benzene rings is 3. The van der Waals surface area contributed by atoms with E-state index in [-0.39, 0.29) is 77.3 Å². The molecule has 13 heteroatoms. The maximum absolute atomic E-state index is 17.2. The number of methoxy groups -OCH3 is 1. The number of aromatic nitrogens is 2. The zero-order valence-corrected chi connectivity index (χ0v) is 31.8. The van der Waals surface area contributed by atoms with Crippen molar-refractivity contribution in [3.05, 3.63) is 92.5 Å². The van der Waals surface area contributed by atoms with Crippen molar-refractivity contribution in [3.63, 3.8) is 0 Å². The smallest absolute Gasteiger partial charge is 0.226 e. The highest BCUT2D eigenvalue weighted by atomic mass is 35.5. The highest BCUT2D eigenvalue weighted by molar-refractivity contribution is 6.43. The predicted molar refractivity (Wildman–Crippen MR) is 204 cm³/mol. The number of pyridine rings is 1. The molecule has 0 unspecified atom stereocenters. The molecule has 3 aliphatic heterocycles. The van der Waals surface area contributed by atoms with Crippen molar-refractivity contribution in [2.24, 2.45) is 11.8 Å². The highest BCUT2D eigenvalue weighted by Crippen LogP contribution is 2.51. The molecule has 3 saturated heterocycles. The van der Waals surface area contributed by atoms with Gasteiger partial charge in [-0.3, -0.25) is 4.79 Å². The molecule has 0 spiro atoms. The fourth-order valence-corrected chi connectivity index (χ4v) is 9.57. The summed E-state index contributed by atoms with van der Waals surface area (Å²) >= 11 is 13.1. The van der Waals surface area contributed by atoms with Crippen LogP contribution in [-0.2, 0) is 22.6 Å². The fraction of sp³-hybridized carbons (Fsp3) is 0.405. The first kappa shape index (κ1) is 36.3. The molecule has 5 aromatic rings. The number of carbonyl (C=O) groups excluding carboxylic acids is 1. The Morgan fingerprint density at radius 3 is 2.62 bits per heavy atom. The lowest BCUT2D eigenvalue weighted by Crippen LogP contribution is -2.41. The molecule has 1 N–H and O–H groups in total. The Labute approximate surface area is 326 Å². The Morgan fingerprint density at radius 1 is 1.09 bits per heavy atom. The monoisotopic (exact) mass is 787 g/mol. The molecule has 2 bridgehead atoms. The summed E-state index contributed by atoms with van der Waals surface area (Å²) in [5.41, 5.74) is 3.62. The van der Waals surface area contributed by atoms with Crippen molar-refractivity contribution >= 4 is 50.9 Å². The lowest BCUT2D eigenvalue weighted by molar-refractivity contribution is -0.134. The molecule has 2 aromatic heterocycles. The van der Waals surface area contributed by atoms with Gasteiger partial charge >= 0.3 is 0 Å². The van der Waals surface area contributed by atoms with Crippen LogP contribution in [-0.4, -0.2) is 52.7 Å². The number of rotatable bonds is 10. The third-order valence-corrected chi connectivity index (χ3v) is 12.9. The average molecular weight is 789 g/mol. The molecule has 1 amide bonds. The number of aryl methyl sites for hydroxylation is 2. The number of hydrogen-bond acceptors (Lipinski definition) is 6. The number of likely N-dealkylation sites (tertiary alicyclic amines) is 1. The van der Waals surface area contributed by atoms with Gasteiger partial charge in [0.2, 0.25) is 5.91 Å². The molecule has 55 heavy (non-hydrogen) atoms. The summed E-state index contributed by atoms with van der Waals surface area (Å²) in [6.45, 7) is 2.64. The fourth-order valence-electron chi connectivity index (χ4n) is 9.17. The van der Waals surface area contributed by atoms with E-state index in [0.717, 1.165) is 48.5 Å². The van der Waals surface area contributed by atoms with E-state index in [9.17, 15) is 14.4 Å². The van der Waals surface area contributed by atoms with Crippen molar-refractivity contribution in [2.45, 2.75) is 76.3 Å². The number of nitrogens with zero attached hydrogens (tertiary/aromatic N) is 4. The third-order valence-electron chi connectivity index (χ3n) is 12.1. The van der Waals surface area contributed by atoms with Crippen LogP contribution in [0, 0.1) is 47.5 Å². The maximum atomic E-state index is 17.2. The van der Waals surface area contributed by atoms with Gasteiger partial charge in [-0.1, -0.05) is 35.3 Å². The highest BCUT2D eigenvalue weighted by Gasteiger charge is 2.51. The van der Waals surface area contributed by atoms with E-state index in [0.29, 0.717) is 39.6 Å². The van der Waals surface area contributed by atoms with Gasteiger partial charge in [-0.2, -0.15) is 5.26 Å². The normalized spacial score (nSPS) is 23.1. The number of hydrogen-bond donors (Lipinski definition) is 1. The van der Waals surface area contributed by atoms with Crippen LogP contribution in [0.1, 0.15) is 66.7 Å². The Kier molecular flexibility index (Phi) is 9.24. The molecular formula is C42H38Cl2F3N5O3. The summed E-state index contributed by atoms with van der Waals surface area (Å²) in [5, 5.41) is 15.2. The number of fused-ring (bicyclic) bond motifs is 4. The number of amides is 1. The van der Waals surface area contributed by atoms with Gasteiger partial charge in [-0.25, -0.2) is 18.2 Å². The van der Waals surface area contributed by atoms with Crippen molar-refractivity contribution in [2.75, 3.05) is 20.2 Å². The second kappa shape index (κ2) is 14.0. The molecule has 3 aromatic carbocycles. The van der Waals surface area contributed by atoms with Gasteiger partial charge in [0.1, 0.15) is 11.3 Å². The zero-order chi connectivity index (χ0) is 38.3. The summed E-state index contributed by atoms with van der Waals surface area (Å²) in [4.78, 5) is 20.8. The second-order valence-electron chi connectivity index (χ2n) is 15.3. The van der Waals surface area contributed by atoms with Gasteiger partial charge < -0.3 is 24.3 Å². The second-order valence-corrected chi connectivity index (χ2v) is 16.1. The molecular weight excluding hydrogens is 750 g/mol. The van der Waals surface area contributed by atoms with Crippen LogP contribution >= 0.6 is 23.2 Å². The van der Waals surface area contributed by atoms with E-state index in [1.165, 1.54) is 13.2 Å². The van der Waals surface area contributed by atoms with Crippen LogP contribution < -0.4 is 10.1 Å². The molecule has 2 aliphatic carbocycles.